The summed E-state index contributed by atoms with van der Waals surface area (Å²) in [5.41, 5.74) is 1.74. The van der Waals surface area contributed by atoms with E-state index in [1.807, 2.05) is 24.6 Å². The van der Waals surface area contributed by atoms with Crippen LogP contribution in [0.3, 0.4) is 0 Å². The van der Waals surface area contributed by atoms with Crippen molar-refractivity contribution in [1.82, 2.24) is 15.1 Å². The van der Waals surface area contributed by atoms with Crippen LogP contribution in [0.1, 0.15) is 31.1 Å². The van der Waals surface area contributed by atoms with Gasteiger partial charge in [0.1, 0.15) is 5.82 Å². The Kier molecular flexibility index (Phi) is 4.87. The molecule has 0 bridgehead atoms. The van der Waals surface area contributed by atoms with Crippen LogP contribution in [0.4, 0.5) is 4.39 Å². The highest BCUT2D eigenvalue weighted by atomic mass is 19.1. The third-order valence-corrected chi connectivity index (χ3v) is 3.15. The molecule has 1 N–H and O–H groups in total. The number of benzene rings is 1. The summed E-state index contributed by atoms with van der Waals surface area (Å²) < 4.78 is 14.6. The molecule has 110 valence electrons. The van der Waals surface area contributed by atoms with Crippen LogP contribution in [0.15, 0.2) is 42.6 Å². The van der Waals surface area contributed by atoms with Gasteiger partial charge in [0.25, 0.3) is 0 Å². The summed E-state index contributed by atoms with van der Waals surface area (Å²) in [7, 11) is 0. The van der Waals surface area contributed by atoms with Crippen molar-refractivity contribution in [2.45, 2.75) is 26.4 Å². The monoisotopic (exact) mass is 287 g/mol. The number of carbonyl (C=O) groups is 1. The number of nitrogens with zero attached hydrogens (tertiary/aromatic N) is 2. The van der Waals surface area contributed by atoms with Crippen LogP contribution < -0.4 is 5.32 Å². The summed E-state index contributed by atoms with van der Waals surface area (Å²) >= 11 is 0. The minimum absolute atomic E-state index is 0.127. The first-order valence-electron chi connectivity index (χ1n) is 6.86. The van der Waals surface area contributed by atoms with Gasteiger partial charge in [-0.15, -0.1) is 0 Å². The number of rotatable bonds is 5. The van der Waals surface area contributed by atoms with Gasteiger partial charge in [-0.3, -0.25) is 9.48 Å². The number of hydrogen-bond donors (Lipinski definition) is 1. The normalized spacial score (nSPS) is 12.5. The molecule has 21 heavy (non-hydrogen) atoms. The lowest BCUT2D eigenvalue weighted by Gasteiger charge is -2.14. The Morgan fingerprint density at radius 1 is 1.38 bits per heavy atom. The van der Waals surface area contributed by atoms with Gasteiger partial charge in [-0.05, 0) is 43.7 Å². The van der Waals surface area contributed by atoms with E-state index in [0.717, 1.165) is 17.8 Å². The van der Waals surface area contributed by atoms with Crippen molar-refractivity contribution >= 4 is 12.0 Å². The van der Waals surface area contributed by atoms with E-state index < -0.39 is 0 Å². The molecule has 4 nitrogen and oxygen atoms in total. The van der Waals surface area contributed by atoms with Crippen molar-refractivity contribution < 1.29 is 9.18 Å². The lowest BCUT2D eigenvalue weighted by atomic mass is 10.2. The van der Waals surface area contributed by atoms with Crippen molar-refractivity contribution in [3.8, 4) is 0 Å². The topological polar surface area (TPSA) is 46.9 Å². The van der Waals surface area contributed by atoms with E-state index in [1.165, 1.54) is 18.2 Å². The van der Waals surface area contributed by atoms with E-state index in [2.05, 4.69) is 10.4 Å². The van der Waals surface area contributed by atoms with Crippen LogP contribution in [0.5, 0.6) is 0 Å². The Morgan fingerprint density at radius 2 is 2.10 bits per heavy atom. The highest BCUT2D eigenvalue weighted by molar-refractivity contribution is 5.91. The third kappa shape index (κ3) is 4.02. The Hall–Kier alpha value is -2.43. The fourth-order valence-corrected chi connectivity index (χ4v) is 2.06. The zero-order valence-corrected chi connectivity index (χ0v) is 12.1. The first-order chi connectivity index (χ1) is 10.1. The Balaban J connectivity index is 1.96. The molecule has 0 saturated carbocycles. The fraction of sp³-hybridized carbons (Fsp3) is 0.250. The zero-order chi connectivity index (χ0) is 15.2. The third-order valence-electron chi connectivity index (χ3n) is 3.15. The first kappa shape index (κ1) is 15.0. The second-order valence-electron chi connectivity index (χ2n) is 4.69. The van der Waals surface area contributed by atoms with Gasteiger partial charge < -0.3 is 5.32 Å². The molecule has 1 atom stereocenters. The summed E-state index contributed by atoms with van der Waals surface area (Å²) in [6.45, 7) is 4.67. The number of halogens is 1. The zero-order valence-electron chi connectivity index (χ0n) is 12.1. The molecule has 1 aromatic carbocycles. The van der Waals surface area contributed by atoms with E-state index >= 15 is 0 Å². The van der Waals surface area contributed by atoms with E-state index in [9.17, 15) is 9.18 Å². The summed E-state index contributed by atoms with van der Waals surface area (Å²) in [5.74, 6) is -0.492. The number of hydrogen-bond acceptors (Lipinski definition) is 2. The van der Waals surface area contributed by atoms with Gasteiger partial charge >= 0.3 is 0 Å². The van der Waals surface area contributed by atoms with Gasteiger partial charge in [0.05, 0.1) is 11.7 Å². The molecule has 1 heterocycles. The lowest BCUT2D eigenvalue weighted by Crippen LogP contribution is -2.26. The van der Waals surface area contributed by atoms with Gasteiger partial charge in [-0.1, -0.05) is 12.1 Å². The molecule has 0 saturated heterocycles. The average molecular weight is 287 g/mol. The summed E-state index contributed by atoms with van der Waals surface area (Å²) in [5, 5.41) is 7.05. The molecule has 0 aliphatic carbocycles. The molecule has 0 aliphatic rings. The fourth-order valence-electron chi connectivity index (χ4n) is 2.06. The molecular weight excluding hydrogens is 269 g/mol. The van der Waals surface area contributed by atoms with Crippen LogP contribution in [-0.4, -0.2) is 15.7 Å². The van der Waals surface area contributed by atoms with Crippen molar-refractivity contribution in [3.63, 3.8) is 0 Å². The minimum atomic E-state index is -0.293. The van der Waals surface area contributed by atoms with E-state index in [1.54, 1.807) is 24.4 Å². The van der Waals surface area contributed by atoms with Crippen LogP contribution in [-0.2, 0) is 11.3 Å². The summed E-state index contributed by atoms with van der Waals surface area (Å²) in [6.07, 6.45) is 4.81. The maximum atomic E-state index is 12.8. The Morgan fingerprint density at radius 3 is 2.76 bits per heavy atom. The van der Waals surface area contributed by atoms with E-state index in [0.29, 0.717) is 0 Å². The SMILES string of the molecule is CCn1nccc1C(C)NC(=O)/C=C/c1ccc(F)cc1. The molecule has 0 radical (unpaired) electrons. The maximum Gasteiger partial charge on any atom is 0.244 e. The number of aromatic nitrogens is 2. The van der Waals surface area contributed by atoms with Crippen LogP contribution in [0, 0.1) is 5.82 Å². The lowest BCUT2D eigenvalue weighted by molar-refractivity contribution is -0.117. The molecule has 0 fully saturated rings. The quantitative estimate of drug-likeness (QED) is 0.859. The van der Waals surface area contributed by atoms with Crippen molar-refractivity contribution in [3.05, 3.63) is 59.7 Å². The smallest absolute Gasteiger partial charge is 0.244 e. The largest absolute Gasteiger partial charge is 0.344 e. The molecule has 0 aliphatic heterocycles. The highest BCUT2D eigenvalue weighted by Gasteiger charge is 2.11. The molecule has 2 rings (SSSR count). The summed E-state index contributed by atoms with van der Waals surface area (Å²) in [6, 6.07) is 7.72. The Labute approximate surface area is 123 Å². The molecule has 1 unspecified atom stereocenters. The van der Waals surface area contributed by atoms with Crippen LogP contribution in [0.25, 0.3) is 6.08 Å². The van der Waals surface area contributed by atoms with Gasteiger partial charge in [0, 0.05) is 18.8 Å². The number of aryl methyl sites for hydroxylation is 1. The second kappa shape index (κ2) is 6.83. The molecule has 1 aromatic heterocycles. The molecule has 2 aromatic rings. The van der Waals surface area contributed by atoms with Gasteiger partial charge in [-0.2, -0.15) is 5.10 Å². The number of amides is 1. The number of nitrogens with one attached hydrogen (secondary N) is 1. The molecular formula is C16H18FN3O. The van der Waals surface area contributed by atoms with Gasteiger partial charge in [0.2, 0.25) is 5.91 Å². The van der Waals surface area contributed by atoms with E-state index in [4.69, 9.17) is 0 Å². The molecule has 1 amide bonds. The maximum absolute atomic E-state index is 12.8. The van der Waals surface area contributed by atoms with Crippen molar-refractivity contribution in [2.75, 3.05) is 0 Å². The van der Waals surface area contributed by atoms with Crippen LogP contribution in [0.2, 0.25) is 0 Å². The Bertz CT molecular complexity index is 631. The predicted molar refractivity (Wildman–Crippen MR) is 79.9 cm³/mol. The van der Waals surface area contributed by atoms with Crippen molar-refractivity contribution in [1.29, 1.82) is 0 Å². The minimum Gasteiger partial charge on any atom is -0.344 e. The number of carbonyl (C=O) groups excluding carboxylic acids is 1. The molecule has 0 spiro atoms. The highest BCUT2D eigenvalue weighted by Crippen LogP contribution is 2.11. The molecule has 5 heteroatoms. The van der Waals surface area contributed by atoms with Gasteiger partial charge in [0.15, 0.2) is 0 Å². The standard InChI is InChI=1S/C16H18FN3O/c1-3-20-15(10-11-18-20)12(2)19-16(21)9-6-13-4-7-14(17)8-5-13/h4-12H,3H2,1-2H3,(H,19,21)/b9-6+. The van der Waals surface area contributed by atoms with E-state index in [-0.39, 0.29) is 17.8 Å². The predicted octanol–water partition coefficient (Wildman–Crippen LogP) is 2.93. The average Bonchev–Trinajstić information content (AvgIpc) is 2.95. The second-order valence-corrected chi connectivity index (χ2v) is 4.69. The summed E-state index contributed by atoms with van der Waals surface area (Å²) in [4.78, 5) is 11.9. The first-order valence-corrected chi connectivity index (χ1v) is 6.86. The van der Waals surface area contributed by atoms with Crippen molar-refractivity contribution in [2.24, 2.45) is 0 Å². The van der Waals surface area contributed by atoms with Gasteiger partial charge in [-0.25, -0.2) is 4.39 Å². The van der Waals surface area contributed by atoms with Crippen LogP contribution >= 0.6 is 0 Å².